The third-order valence-electron chi connectivity index (χ3n) is 3.94. The Bertz CT molecular complexity index is 195. The van der Waals surface area contributed by atoms with E-state index in [4.69, 9.17) is 0 Å². The van der Waals surface area contributed by atoms with E-state index in [1.54, 1.807) is 0 Å². The van der Waals surface area contributed by atoms with Crippen molar-refractivity contribution in [2.45, 2.75) is 38.3 Å². The van der Waals surface area contributed by atoms with Crippen LogP contribution in [0.15, 0.2) is 0 Å². The van der Waals surface area contributed by atoms with Gasteiger partial charge in [0.25, 0.3) is 0 Å². The molecule has 2 unspecified atom stereocenters. The van der Waals surface area contributed by atoms with Crippen molar-refractivity contribution in [1.82, 2.24) is 15.1 Å². The fourth-order valence-corrected chi connectivity index (χ4v) is 3.02. The molecule has 1 N–H and O–H groups in total. The van der Waals surface area contributed by atoms with Crippen LogP contribution in [-0.4, -0.2) is 61.7 Å². The highest BCUT2D eigenvalue weighted by Crippen LogP contribution is 2.24. The van der Waals surface area contributed by atoms with Crippen LogP contribution in [0, 0.1) is 0 Å². The van der Waals surface area contributed by atoms with Gasteiger partial charge < -0.3 is 5.32 Å². The normalized spacial score (nSPS) is 33.2. The van der Waals surface area contributed by atoms with Crippen LogP contribution >= 0.6 is 0 Å². The van der Waals surface area contributed by atoms with Crippen LogP contribution in [0.1, 0.15) is 26.2 Å². The van der Waals surface area contributed by atoms with Crippen LogP contribution in [0.2, 0.25) is 0 Å². The van der Waals surface area contributed by atoms with Gasteiger partial charge in [0.1, 0.15) is 0 Å². The van der Waals surface area contributed by atoms with E-state index in [1.807, 2.05) is 7.05 Å². The summed E-state index contributed by atoms with van der Waals surface area (Å²) in [7, 11) is 2.04. The summed E-state index contributed by atoms with van der Waals surface area (Å²) in [4.78, 5) is 5.38. The van der Waals surface area contributed by atoms with Crippen LogP contribution in [0.3, 0.4) is 0 Å². The Hall–Kier alpha value is -0.120. The van der Waals surface area contributed by atoms with E-state index < -0.39 is 0 Å². The van der Waals surface area contributed by atoms with Crippen LogP contribution < -0.4 is 5.32 Å². The Morgan fingerprint density at radius 2 is 2.20 bits per heavy atom. The Kier molecular flexibility index (Phi) is 4.00. The number of rotatable bonds is 4. The average molecular weight is 211 g/mol. The molecule has 2 fully saturated rings. The molecule has 0 saturated carbocycles. The lowest BCUT2D eigenvalue weighted by Gasteiger charge is -2.42. The molecule has 0 aliphatic carbocycles. The van der Waals surface area contributed by atoms with Gasteiger partial charge in [-0.1, -0.05) is 0 Å². The summed E-state index contributed by atoms with van der Waals surface area (Å²) in [6, 6.07) is 1.63. The van der Waals surface area contributed by atoms with Crippen LogP contribution in [0.25, 0.3) is 0 Å². The first-order chi connectivity index (χ1) is 7.31. The number of hydrogen-bond acceptors (Lipinski definition) is 3. The molecule has 0 aromatic rings. The lowest BCUT2D eigenvalue weighted by atomic mass is 10.1. The quantitative estimate of drug-likeness (QED) is 0.693. The molecular formula is C12H25N3. The first kappa shape index (κ1) is 11.4. The van der Waals surface area contributed by atoms with Crippen molar-refractivity contribution >= 4 is 0 Å². The van der Waals surface area contributed by atoms with Gasteiger partial charge in [0, 0.05) is 25.2 Å². The zero-order chi connectivity index (χ0) is 10.7. The van der Waals surface area contributed by atoms with Crippen LogP contribution in [0.5, 0.6) is 0 Å². The number of nitrogens with one attached hydrogen (secondary N) is 1. The Labute approximate surface area is 93.8 Å². The number of fused-ring (bicyclic) bond motifs is 1. The zero-order valence-corrected chi connectivity index (χ0v) is 10.2. The van der Waals surface area contributed by atoms with Crippen molar-refractivity contribution < 1.29 is 0 Å². The summed E-state index contributed by atoms with van der Waals surface area (Å²) in [5, 5.41) is 3.23. The smallest absolute Gasteiger partial charge is 0.0224 e. The van der Waals surface area contributed by atoms with Gasteiger partial charge in [-0.25, -0.2) is 0 Å². The van der Waals surface area contributed by atoms with Gasteiger partial charge in [-0.05, 0) is 52.9 Å². The zero-order valence-electron chi connectivity index (χ0n) is 10.2. The van der Waals surface area contributed by atoms with Crippen LogP contribution in [0.4, 0.5) is 0 Å². The predicted molar refractivity (Wildman–Crippen MR) is 64.2 cm³/mol. The second kappa shape index (κ2) is 5.28. The minimum atomic E-state index is 0.760. The number of hydrogen-bond donors (Lipinski definition) is 1. The standard InChI is InChI=1S/C12H25N3/c1-11-9-15-7-3-5-12(15)10-14(11)8-4-6-13-2/h11-13H,3-10H2,1-2H3. The number of piperazine rings is 1. The van der Waals surface area contributed by atoms with Crippen molar-refractivity contribution in [2.75, 3.05) is 39.8 Å². The van der Waals surface area contributed by atoms with Crippen molar-refractivity contribution in [1.29, 1.82) is 0 Å². The first-order valence-electron chi connectivity index (χ1n) is 6.44. The maximum atomic E-state index is 3.23. The van der Waals surface area contributed by atoms with E-state index in [0.717, 1.165) is 18.6 Å². The van der Waals surface area contributed by atoms with E-state index >= 15 is 0 Å². The third kappa shape index (κ3) is 2.71. The molecule has 0 aromatic heterocycles. The van der Waals surface area contributed by atoms with Gasteiger partial charge >= 0.3 is 0 Å². The maximum Gasteiger partial charge on any atom is 0.0224 e. The summed E-state index contributed by atoms with van der Waals surface area (Å²) < 4.78 is 0. The summed E-state index contributed by atoms with van der Waals surface area (Å²) in [6.45, 7) is 8.76. The number of nitrogens with zero attached hydrogens (tertiary/aromatic N) is 2. The molecule has 0 radical (unpaired) electrons. The molecule has 0 bridgehead atoms. The van der Waals surface area contributed by atoms with Gasteiger partial charge in [-0.2, -0.15) is 0 Å². The molecule has 2 aliphatic rings. The lowest BCUT2D eigenvalue weighted by Crippen LogP contribution is -2.55. The summed E-state index contributed by atoms with van der Waals surface area (Å²) in [6.07, 6.45) is 4.13. The predicted octanol–water partition coefficient (Wildman–Crippen LogP) is 0.764. The highest BCUT2D eigenvalue weighted by atomic mass is 15.3. The second-order valence-electron chi connectivity index (χ2n) is 5.09. The maximum absolute atomic E-state index is 3.23. The van der Waals surface area contributed by atoms with Gasteiger partial charge in [0.05, 0.1) is 0 Å². The third-order valence-corrected chi connectivity index (χ3v) is 3.94. The fraction of sp³-hybridized carbons (Fsp3) is 1.00. The first-order valence-corrected chi connectivity index (χ1v) is 6.44. The van der Waals surface area contributed by atoms with Gasteiger partial charge in [0.15, 0.2) is 0 Å². The monoisotopic (exact) mass is 211 g/mol. The SMILES string of the molecule is CNCCCN1CC2CCCN2CC1C. The van der Waals surface area contributed by atoms with Crippen molar-refractivity contribution in [3.05, 3.63) is 0 Å². The van der Waals surface area contributed by atoms with Crippen molar-refractivity contribution in [3.8, 4) is 0 Å². The average Bonchev–Trinajstić information content (AvgIpc) is 2.65. The Morgan fingerprint density at radius 3 is 3.00 bits per heavy atom. The van der Waals surface area contributed by atoms with Gasteiger partial charge in [0.2, 0.25) is 0 Å². The second-order valence-corrected chi connectivity index (χ2v) is 5.09. The Morgan fingerprint density at radius 1 is 1.33 bits per heavy atom. The summed E-state index contributed by atoms with van der Waals surface area (Å²) in [5.74, 6) is 0. The molecule has 0 aromatic carbocycles. The van der Waals surface area contributed by atoms with Crippen molar-refractivity contribution in [2.24, 2.45) is 0 Å². The van der Waals surface area contributed by atoms with E-state index in [0.29, 0.717) is 0 Å². The van der Waals surface area contributed by atoms with E-state index in [1.165, 1.54) is 45.4 Å². The summed E-state index contributed by atoms with van der Waals surface area (Å²) in [5.41, 5.74) is 0. The van der Waals surface area contributed by atoms with Gasteiger partial charge in [-0.3, -0.25) is 9.80 Å². The van der Waals surface area contributed by atoms with E-state index in [2.05, 4.69) is 22.0 Å². The topological polar surface area (TPSA) is 18.5 Å². The molecule has 2 atom stereocenters. The highest BCUT2D eigenvalue weighted by molar-refractivity contribution is 4.90. The molecule has 2 saturated heterocycles. The summed E-state index contributed by atoms with van der Waals surface area (Å²) >= 11 is 0. The Balaban J connectivity index is 1.79. The molecule has 0 amide bonds. The van der Waals surface area contributed by atoms with Crippen molar-refractivity contribution in [3.63, 3.8) is 0 Å². The van der Waals surface area contributed by atoms with Gasteiger partial charge in [-0.15, -0.1) is 0 Å². The fourth-order valence-electron chi connectivity index (χ4n) is 3.02. The minimum Gasteiger partial charge on any atom is -0.320 e. The highest BCUT2D eigenvalue weighted by Gasteiger charge is 2.33. The molecule has 0 spiro atoms. The molecule has 2 heterocycles. The molecular weight excluding hydrogens is 186 g/mol. The molecule has 3 heteroatoms. The largest absolute Gasteiger partial charge is 0.320 e. The molecule has 2 rings (SSSR count). The van der Waals surface area contributed by atoms with E-state index in [9.17, 15) is 0 Å². The van der Waals surface area contributed by atoms with E-state index in [-0.39, 0.29) is 0 Å². The molecule has 15 heavy (non-hydrogen) atoms. The minimum absolute atomic E-state index is 0.760. The molecule has 3 nitrogen and oxygen atoms in total. The molecule has 88 valence electrons. The van der Waals surface area contributed by atoms with Crippen LogP contribution in [-0.2, 0) is 0 Å². The molecule has 2 aliphatic heterocycles. The lowest BCUT2D eigenvalue weighted by molar-refractivity contribution is 0.0589.